The molecule has 3 heteroatoms. The first-order valence-electron chi connectivity index (χ1n) is 6.58. The summed E-state index contributed by atoms with van der Waals surface area (Å²) in [4.78, 5) is 12.3. The maximum atomic E-state index is 12.3. The highest BCUT2D eigenvalue weighted by Gasteiger charge is 2.45. The lowest BCUT2D eigenvalue weighted by Gasteiger charge is -2.39. The molecule has 2 rings (SSSR count). The van der Waals surface area contributed by atoms with Gasteiger partial charge in [0.15, 0.2) is 0 Å². The number of carbonyl (C=O) groups is 1. The molecule has 1 aliphatic rings. The molecule has 0 fully saturated rings. The van der Waals surface area contributed by atoms with Gasteiger partial charge in [0.2, 0.25) is 0 Å². The largest absolute Gasteiger partial charge is 0.467 e. The Bertz CT molecular complexity index is 444. The summed E-state index contributed by atoms with van der Waals surface area (Å²) in [5, 5.41) is 3.35. The standard InChI is InChI=1S/C15H21NO2/c1-4-16-15(14(17)18-3)10-9-11(2)12-7-5-6-8-13(12)15/h5-8,11,16H,4,9-10H2,1-3H3. The lowest BCUT2D eigenvalue weighted by Crippen LogP contribution is -2.52. The first-order chi connectivity index (χ1) is 8.65. The van der Waals surface area contributed by atoms with E-state index in [0.717, 1.165) is 24.9 Å². The fraction of sp³-hybridized carbons (Fsp3) is 0.533. The van der Waals surface area contributed by atoms with E-state index >= 15 is 0 Å². The molecule has 0 saturated heterocycles. The molecule has 3 nitrogen and oxygen atoms in total. The van der Waals surface area contributed by atoms with Gasteiger partial charge in [-0.1, -0.05) is 38.1 Å². The average molecular weight is 247 g/mol. The molecule has 1 aliphatic carbocycles. The van der Waals surface area contributed by atoms with E-state index in [0.29, 0.717) is 5.92 Å². The van der Waals surface area contributed by atoms with Gasteiger partial charge in [-0.25, -0.2) is 4.79 Å². The van der Waals surface area contributed by atoms with Crippen molar-refractivity contribution in [2.75, 3.05) is 13.7 Å². The molecular weight excluding hydrogens is 226 g/mol. The lowest BCUT2D eigenvalue weighted by molar-refractivity contribution is -0.150. The molecule has 98 valence electrons. The van der Waals surface area contributed by atoms with Gasteiger partial charge in [-0.3, -0.25) is 5.32 Å². The van der Waals surface area contributed by atoms with Crippen LogP contribution >= 0.6 is 0 Å². The van der Waals surface area contributed by atoms with Crippen LogP contribution in [0.25, 0.3) is 0 Å². The van der Waals surface area contributed by atoms with Crippen molar-refractivity contribution in [2.24, 2.45) is 0 Å². The van der Waals surface area contributed by atoms with Crippen molar-refractivity contribution < 1.29 is 9.53 Å². The van der Waals surface area contributed by atoms with Gasteiger partial charge in [0, 0.05) is 0 Å². The molecule has 0 heterocycles. The number of methoxy groups -OCH3 is 1. The van der Waals surface area contributed by atoms with Gasteiger partial charge in [-0.15, -0.1) is 0 Å². The second kappa shape index (κ2) is 5.11. The molecule has 1 aromatic carbocycles. The number of likely N-dealkylation sites (N-methyl/N-ethyl adjacent to an activating group) is 1. The first kappa shape index (κ1) is 13.1. The van der Waals surface area contributed by atoms with Crippen molar-refractivity contribution in [3.8, 4) is 0 Å². The monoisotopic (exact) mass is 247 g/mol. The van der Waals surface area contributed by atoms with E-state index in [1.807, 2.05) is 25.1 Å². The van der Waals surface area contributed by atoms with Gasteiger partial charge < -0.3 is 4.74 Å². The summed E-state index contributed by atoms with van der Waals surface area (Å²) >= 11 is 0. The highest BCUT2D eigenvalue weighted by Crippen LogP contribution is 2.41. The number of nitrogens with one attached hydrogen (secondary N) is 1. The molecular formula is C15H21NO2. The van der Waals surface area contributed by atoms with Crippen LogP contribution in [0.4, 0.5) is 0 Å². The Kier molecular flexibility index (Phi) is 3.71. The molecule has 0 aliphatic heterocycles. The number of esters is 1. The second-order valence-electron chi connectivity index (χ2n) is 4.95. The van der Waals surface area contributed by atoms with E-state index in [2.05, 4.69) is 18.3 Å². The molecule has 0 aromatic heterocycles. The summed E-state index contributed by atoms with van der Waals surface area (Å²) in [6, 6.07) is 8.19. The molecule has 2 unspecified atom stereocenters. The summed E-state index contributed by atoms with van der Waals surface area (Å²) < 4.78 is 5.04. The Morgan fingerprint density at radius 3 is 2.89 bits per heavy atom. The van der Waals surface area contributed by atoms with E-state index in [4.69, 9.17) is 4.74 Å². The van der Waals surface area contributed by atoms with Gasteiger partial charge in [0.25, 0.3) is 0 Å². The predicted molar refractivity (Wildman–Crippen MR) is 71.5 cm³/mol. The molecule has 0 bridgehead atoms. The molecule has 0 amide bonds. The van der Waals surface area contributed by atoms with E-state index < -0.39 is 5.54 Å². The number of fused-ring (bicyclic) bond motifs is 1. The van der Waals surface area contributed by atoms with Crippen LogP contribution < -0.4 is 5.32 Å². The summed E-state index contributed by atoms with van der Waals surface area (Å²) in [5.41, 5.74) is 1.68. The van der Waals surface area contributed by atoms with Gasteiger partial charge in [0.05, 0.1) is 7.11 Å². The average Bonchev–Trinajstić information content (AvgIpc) is 2.42. The minimum atomic E-state index is -0.660. The van der Waals surface area contributed by atoms with E-state index in [-0.39, 0.29) is 5.97 Å². The molecule has 0 spiro atoms. The van der Waals surface area contributed by atoms with E-state index in [9.17, 15) is 4.79 Å². The highest BCUT2D eigenvalue weighted by atomic mass is 16.5. The number of benzene rings is 1. The van der Waals surface area contributed by atoms with Crippen molar-refractivity contribution >= 4 is 5.97 Å². The van der Waals surface area contributed by atoms with Crippen LogP contribution in [-0.4, -0.2) is 19.6 Å². The number of hydrogen-bond donors (Lipinski definition) is 1. The molecule has 0 radical (unpaired) electrons. The molecule has 2 atom stereocenters. The van der Waals surface area contributed by atoms with Gasteiger partial charge in [0.1, 0.15) is 5.54 Å². The lowest BCUT2D eigenvalue weighted by atomic mass is 9.72. The van der Waals surface area contributed by atoms with Crippen LogP contribution in [0, 0.1) is 0 Å². The van der Waals surface area contributed by atoms with Crippen LogP contribution in [0.15, 0.2) is 24.3 Å². The third kappa shape index (κ3) is 1.93. The minimum Gasteiger partial charge on any atom is -0.467 e. The zero-order valence-electron chi connectivity index (χ0n) is 11.3. The molecule has 1 aromatic rings. The Morgan fingerprint density at radius 2 is 2.22 bits per heavy atom. The SMILES string of the molecule is CCNC1(C(=O)OC)CCC(C)c2ccccc21. The number of carbonyl (C=O) groups excluding carboxylic acids is 1. The van der Waals surface area contributed by atoms with E-state index in [1.165, 1.54) is 12.7 Å². The van der Waals surface area contributed by atoms with Crippen molar-refractivity contribution in [3.05, 3.63) is 35.4 Å². The Morgan fingerprint density at radius 1 is 1.50 bits per heavy atom. The van der Waals surface area contributed by atoms with Gasteiger partial charge in [-0.05, 0) is 36.4 Å². The Hall–Kier alpha value is -1.35. The van der Waals surface area contributed by atoms with E-state index in [1.54, 1.807) is 0 Å². The maximum Gasteiger partial charge on any atom is 0.330 e. The highest BCUT2D eigenvalue weighted by molar-refractivity contribution is 5.83. The van der Waals surface area contributed by atoms with Crippen LogP contribution in [0.1, 0.15) is 43.7 Å². The van der Waals surface area contributed by atoms with Crippen LogP contribution in [0.5, 0.6) is 0 Å². The van der Waals surface area contributed by atoms with Gasteiger partial charge >= 0.3 is 5.97 Å². The zero-order valence-corrected chi connectivity index (χ0v) is 11.3. The van der Waals surface area contributed by atoms with Crippen LogP contribution in [0.2, 0.25) is 0 Å². The predicted octanol–water partition coefficient (Wildman–Crippen LogP) is 2.56. The fourth-order valence-corrected chi connectivity index (χ4v) is 2.98. The zero-order chi connectivity index (χ0) is 13.2. The smallest absolute Gasteiger partial charge is 0.330 e. The van der Waals surface area contributed by atoms with Crippen molar-refractivity contribution in [3.63, 3.8) is 0 Å². The first-order valence-corrected chi connectivity index (χ1v) is 6.58. The summed E-state index contributed by atoms with van der Waals surface area (Å²) in [6.07, 6.45) is 1.80. The number of rotatable bonds is 3. The maximum absolute atomic E-state index is 12.3. The Balaban J connectivity index is 2.55. The third-order valence-corrected chi connectivity index (χ3v) is 3.92. The third-order valence-electron chi connectivity index (χ3n) is 3.92. The summed E-state index contributed by atoms with van der Waals surface area (Å²) in [5.74, 6) is 0.321. The van der Waals surface area contributed by atoms with Crippen molar-refractivity contribution in [1.82, 2.24) is 5.32 Å². The van der Waals surface area contributed by atoms with Crippen molar-refractivity contribution in [2.45, 2.75) is 38.1 Å². The molecule has 18 heavy (non-hydrogen) atoms. The topological polar surface area (TPSA) is 38.3 Å². The van der Waals surface area contributed by atoms with Crippen LogP contribution in [0.3, 0.4) is 0 Å². The summed E-state index contributed by atoms with van der Waals surface area (Å²) in [6.45, 7) is 4.98. The van der Waals surface area contributed by atoms with Crippen molar-refractivity contribution in [1.29, 1.82) is 0 Å². The second-order valence-corrected chi connectivity index (χ2v) is 4.95. The summed E-state index contributed by atoms with van der Waals surface area (Å²) in [7, 11) is 1.46. The minimum absolute atomic E-state index is 0.177. The number of ether oxygens (including phenoxy) is 1. The fourth-order valence-electron chi connectivity index (χ4n) is 2.98. The Labute approximate surface area is 109 Å². The number of hydrogen-bond acceptors (Lipinski definition) is 3. The van der Waals surface area contributed by atoms with Gasteiger partial charge in [-0.2, -0.15) is 0 Å². The molecule has 1 N–H and O–H groups in total. The normalized spacial score (nSPS) is 26.5. The quantitative estimate of drug-likeness (QED) is 0.834. The van der Waals surface area contributed by atoms with Crippen LogP contribution in [-0.2, 0) is 15.1 Å². The molecule has 0 saturated carbocycles.